The molecule has 0 saturated carbocycles. The highest BCUT2D eigenvalue weighted by Crippen LogP contribution is 2.06. The topological polar surface area (TPSA) is 49.4 Å². The van der Waals surface area contributed by atoms with E-state index in [1.165, 1.54) is 12.8 Å². The molecule has 1 unspecified atom stereocenters. The van der Waals surface area contributed by atoms with Crippen LogP contribution in [0.4, 0.5) is 0 Å². The zero-order chi connectivity index (χ0) is 13.4. The minimum Gasteiger partial charge on any atom is -0.313 e. The summed E-state index contributed by atoms with van der Waals surface area (Å²) in [6.45, 7) is 7.89. The molecule has 1 rings (SSSR count). The highest BCUT2D eigenvalue weighted by Gasteiger charge is 2.18. The summed E-state index contributed by atoms with van der Waals surface area (Å²) in [7, 11) is -2.83. The van der Waals surface area contributed by atoms with Gasteiger partial charge < -0.3 is 10.2 Å². The van der Waals surface area contributed by atoms with Gasteiger partial charge in [-0.2, -0.15) is 0 Å². The fourth-order valence-electron chi connectivity index (χ4n) is 2.50. The van der Waals surface area contributed by atoms with Gasteiger partial charge in [0, 0.05) is 24.9 Å². The Bertz CT molecular complexity index is 317. The lowest BCUT2D eigenvalue weighted by molar-refractivity contribution is 0.276. The van der Waals surface area contributed by atoms with Crippen molar-refractivity contribution in [3.63, 3.8) is 0 Å². The van der Waals surface area contributed by atoms with Crippen molar-refractivity contribution in [2.75, 3.05) is 37.7 Å². The van der Waals surface area contributed by atoms with Crippen LogP contribution in [-0.4, -0.2) is 57.0 Å². The van der Waals surface area contributed by atoms with Crippen LogP contribution in [-0.2, 0) is 9.84 Å². The zero-order valence-corrected chi connectivity index (χ0v) is 12.6. The Morgan fingerprint density at radius 3 is 2.67 bits per heavy atom. The summed E-state index contributed by atoms with van der Waals surface area (Å²) in [5.41, 5.74) is 0. The van der Waals surface area contributed by atoms with Crippen LogP contribution in [0, 0.1) is 0 Å². The molecule has 1 atom stereocenters. The lowest BCUT2D eigenvalue weighted by Gasteiger charge is -2.24. The van der Waals surface area contributed by atoms with Crippen LogP contribution >= 0.6 is 0 Å². The maximum Gasteiger partial charge on any atom is 0.151 e. The Hall–Kier alpha value is -0.130. The molecule has 1 fully saturated rings. The Morgan fingerprint density at radius 2 is 2.00 bits per heavy atom. The van der Waals surface area contributed by atoms with E-state index in [2.05, 4.69) is 17.1 Å². The van der Waals surface area contributed by atoms with E-state index >= 15 is 0 Å². The second-order valence-electron chi connectivity index (χ2n) is 5.25. The lowest BCUT2D eigenvalue weighted by atomic mass is 10.1. The van der Waals surface area contributed by atoms with Gasteiger partial charge in [0.05, 0.1) is 5.75 Å². The second-order valence-corrected chi connectivity index (χ2v) is 7.55. The van der Waals surface area contributed by atoms with E-state index in [0.717, 1.165) is 32.5 Å². The number of sulfone groups is 1. The van der Waals surface area contributed by atoms with Crippen molar-refractivity contribution in [1.82, 2.24) is 10.2 Å². The maximum absolute atomic E-state index is 11.7. The van der Waals surface area contributed by atoms with E-state index in [0.29, 0.717) is 24.1 Å². The van der Waals surface area contributed by atoms with E-state index in [9.17, 15) is 8.42 Å². The largest absolute Gasteiger partial charge is 0.313 e. The Balaban J connectivity index is 2.40. The van der Waals surface area contributed by atoms with Crippen molar-refractivity contribution < 1.29 is 8.42 Å². The van der Waals surface area contributed by atoms with E-state index in [1.54, 1.807) is 0 Å². The lowest BCUT2D eigenvalue weighted by Crippen LogP contribution is -2.39. The Morgan fingerprint density at radius 1 is 1.22 bits per heavy atom. The smallest absolute Gasteiger partial charge is 0.151 e. The van der Waals surface area contributed by atoms with Gasteiger partial charge in [-0.3, -0.25) is 0 Å². The molecule has 0 spiro atoms. The summed E-state index contributed by atoms with van der Waals surface area (Å²) >= 11 is 0. The van der Waals surface area contributed by atoms with Crippen molar-refractivity contribution in [3.8, 4) is 0 Å². The van der Waals surface area contributed by atoms with Gasteiger partial charge in [-0.25, -0.2) is 8.42 Å². The van der Waals surface area contributed by atoms with Gasteiger partial charge in [-0.15, -0.1) is 0 Å². The van der Waals surface area contributed by atoms with Crippen LogP contribution < -0.4 is 5.32 Å². The minimum atomic E-state index is -2.83. The molecule has 0 aliphatic carbocycles. The van der Waals surface area contributed by atoms with Gasteiger partial charge in [-0.05, 0) is 32.4 Å². The molecule has 1 aliphatic heterocycles. The molecule has 4 nitrogen and oxygen atoms in total. The van der Waals surface area contributed by atoms with Crippen molar-refractivity contribution in [3.05, 3.63) is 0 Å². The molecule has 0 aromatic carbocycles. The third-order valence-electron chi connectivity index (χ3n) is 3.43. The molecule has 0 bridgehead atoms. The van der Waals surface area contributed by atoms with E-state index in [4.69, 9.17) is 0 Å². The maximum atomic E-state index is 11.7. The first kappa shape index (κ1) is 15.9. The van der Waals surface area contributed by atoms with Crippen molar-refractivity contribution in [1.29, 1.82) is 0 Å². The molecular formula is C13H28N2O2S. The molecule has 0 radical (unpaired) electrons. The van der Waals surface area contributed by atoms with Crippen molar-refractivity contribution in [2.45, 2.75) is 45.6 Å². The minimum absolute atomic E-state index is 0.319. The van der Waals surface area contributed by atoms with E-state index in [1.807, 2.05) is 6.92 Å². The third kappa shape index (κ3) is 6.16. The van der Waals surface area contributed by atoms with Gasteiger partial charge in [0.1, 0.15) is 0 Å². The van der Waals surface area contributed by atoms with Crippen molar-refractivity contribution in [2.24, 2.45) is 0 Å². The van der Waals surface area contributed by atoms with Crippen LogP contribution in [0.15, 0.2) is 0 Å². The first-order valence-electron chi connectivity index (χ1n) is 7.23. The SMILES string of the molecule is CCCC1CN(CCS(=O)(=O)CCC)CCCN1. The summed E-state index contributed by atoms with van der Waals surface area (Å²) in [4.78, 5) is 2.31. The van der Waals surface area contributed by atoms with E-state index < -0.39 is 9.84 Å². The number of nitrogens with one attached hydrogen (secondary N) is 1. The predicted octanol–water partition coefficient (Wildman–Crippen LogP) is 1.28. The predicted molar refractivity (Wildman–Crippen MR) is 76.7 cm³/mol. The number of hydrogen-bond donors (Lipinski definition) is 1. The summed E-state index contributed by atoms with van der Waals surface area (Å²) in [6.07, 6.45) is 4.20. The standard InChI is InChI=1S/C13H28N2O2S/c1-3-6-13-12-15(8-5-7-14-13)9-11-18(16,17)10-4-2/h13-14H,3-12H2,1-2H3. The van der Waals surface area contributed by atoms with Crippen LogP contribution in [0.1, 0.15) is 39.5 Å². The monoisotopic (exact) mass is 276 g/mol. The molecule has 1 heterocycles. The number of hydrogen-bond acceptors (Lipinski definition) is 4. The van der Waals surface area contributed by atoms with Gasteiger partial charge >= 0.3 is 0 Å². The van der Waals surface area contributed by atoms with Crippen molar-refractivity contribution >= 4 is 9.84 Å². The average Bonchev–Trinajstić information content (AvgIpc) is 2.52. The highest BCUT2D eigenvalue weighted by molar-refractivity contribution is 7.91. The summed E-state index contributed by atoms with van der Waals surface area (Å²) in [5, 5.41) is 3.54. The van der Waals surface area contributed by atoms with E-state index in [-0.39, 0.29) is 0 Å². The summed E-state index contributed by atoms with van der Waals surface area (Å²) in [5.74, 6) is 0.650. The van der Waals surface area contributed by atoms with Crippen LogP contribution in [0.3, 0.4) is 0 Å². The third-order valence-corrected chi connectivity index (χ3v) is 5.27. The van der Waals surface area contributed by atoms with Gasteiger partial charge in [0.25, 0.3) is 0 Å². The molecular weight excluding hydrogens is 248 g/mol. The molecule has 18 heavy (non-hydrogen) atoms. The molecule has 5 heteroatoms. The van der Waals surface area contributed by atoms with Crippen LogP contribution in [0.2, 0.25) is 0 Å². The second kappa shape index (κ2) is 8.12. The van der Waals surface area contributed by atoms with Gasteiger partial charge in [0.15, 0.2) is 9.84 Å². The first-order chi connectivity index (χ1) is 8.57. The Labute approximate surface area is 112 Å². The Kier molecular flexibility index (Phi) is 7.19. The zero-order valence-electron chi connectivity index (χ0n) is 11.8. The molecule has 108 valence electrons. The summed E-state index contributed by atoms with van der Waals surface area (Å²) in [6, 6.07) is 0.534. The van der Waals surface area contributed by atoms with Crippen LogP contribution in [0.25, 0.3) is 0 Å². The molecule has 1 N–H and O–H groups in total. The van der Waals surface area contributed by atoms with Crippen LogP contribution in [0.5, 0.6) is 0 Å². The normalized spacial score (nSPS) is 22.9. The quantitative estimate of drug-likeness (QED) is 0.761. The number of nitrogens with zero attached hydrogens (tertiary/aromatic N) is 1. The fraction of sp³-hybridized carbons (Fsp3) is 1.00. The molecule has 1 aliphatic rings. The number of rotatable bonds is 7. The highest BCUT2D eigenvalue weighted by atomic mass is 32.2. The first-order valence-corrected chi connectivity index (χ1v) is 9.05. The molecule has 0 amide bonds. The summed E-state index contributed by atoms with van der Waals surface area (Å²) < 4.78 is 23.4. The molecule has 0 aromatic rings. The molecule has 1 saturated heterocycles. The fourth-order valence-corrected chi connectivity index (χ4v) is 3.87. The average molecular weight is 276 g/mol. The molecule has 0 aromatic heterocycles. The van der Waals surface area contributed by atoms with Gasteiger partial charge in [-0.1, -0.05) is 20.3 Å². The van der Waals surface area contributed by atoms with Gasteiger partial charge in [0.2, 0.25) is 0 Å².